The minimum absolute atomic E-state index is 0.179. The number of hydrogen-bond acceptors (Lipinski definition) is 3. The summed E-state index contributed by atoms with van der Waals surface area (Å²) in [5, 5.41) is 13.3. The number of para-hydroxylation sites is 2. The Balaban J connectivity index is 1.52. The van der Waals surface area contributed by atoms with Gasteiger partial charge in [0.1, 0.15) is 0 Å². The van der Waals surface area contributed by atoms with E-state index in [1.807, 2.05) is 109 Å². The number of pyridine rings is 1. The molecular formula is C32H24Cl2N4S. The molecule has 5 aromatic rings. The third kappa shape index (κ3) is 5.01. The molecule has 0 saturated heterocycles. The van der Waals surface area contributed by atoms with Crippen molar-refractivity contribution in [1.82, 2.24) is 9.99 Å². The summed E-state index contributed by atoms with van der Waals surface area (Å²) in [5.41, 5.74) is 7.73. The summed E-state index contributed by atoms with van der Waals surface area (Å²) in [6.45, 7) is 2.04. The van der Waals surface area contributed by atoms with Gasteiger partial charge in [0.2, 0.25) is 0 Å². The van der Waals surface area contributed by atoms with Crippen LogP contribution in [0.15, 0.2) is 108 Å². The predicted octanol–water partition coefficient (Wildman–Crippen LogP) is 9.07. The molecule has 7 heteroatoms. The van der Waals surface area contributed by atoms with Crippen molar-refractivity contribution in [3.8, 4) is 11.1 Å². The lowest BCUT2D eigenvalue weighted by atomic mass is 9.89. The van der Waals surface area contributed by atoms with Crippen LogP contribution < -0.4 is 5.32 Å². The lowest BCUT2D eigenvalue weighted by Crippen LogP contribution is -2.31. The van der Waals surface area contributed by atoms with Gasteiger partial charge in [0.25, 0.3) is 0 Å². The second-order valence-corrected chi connectivity index (χ2v) is 10.6. The quantitative estimate of drug-likeness (QED) is 0.220. The average molecular weight is 568 g/mol. The van der Waals surface area contributed by atoms with Crippen molar-refractivity contribution in [2.24, 2.45) is 5.10 Å². The topological polar surface area (TPSA) is 40.5 Å². The number of nitrogens with zero attached hydrogens (tertiary/aromatic N) is 3. The van der Waals surface area contributed by atoms with E-state index in [0.717, 1.165) is 50.2 Å². The van der Waals surface area contributed by atoms with E-state index >= 15 is 0 Å². The van der Waals surface area contributed by atoms with Gasteiger partial charge >= 0.3 is 0 Å². The van der Waals surface area contributed by atoms with Crippen LogP contribution in [0.25, 0.3) is 22.0 Å². The van der Waals surface area contributed by atoms with E-state index in [4.69, 9.17) is 45.5 Å². The summed E-state index contributed by atoms with van der Waals surface area (Å²) in [6.07, 6.45) is 0.613. The van der Waals surface area contributed by atoms with Gasteiger partial charge in [-0.3, -0.25) is 4.98 Å². The molecule has 0 amide bonds. The van der Waals surface area contributed by atoms with Gasteiger partial charge in [-0.05, 0) is 66.7 Å². The van der Waals surface area contributed by atoms with Gasteiger partial charge in [-0.15, -0.1) is 0 Å². The standard InChI is InChI=1S/C32H24Cl2N4S/c1-20-30(31(21-15-17-22(33)18-16-21)25-12-6-8-14-27(25)35-20)28-19-29(24-11-5-7-13-26(24)34)38(37-28)32(39)36-23-9-3-2-4-10-23/h2-18,29H,19H2,1H3,(H,36,39). The van der Waals surface area contributed by atoms with Gasteiger partial charge in [0.15, 0.2) is 5.11 Å². The second kappa shape index (κ2) is 10.8. The van der Waals surface area contributed by atoms with Gasteiger partial charge < -0.3 is 5.32 Å². The predicted molar refractivity (Wildman–Crippen MR) is 167 cm³/mol. The van der Waals surface area contributed by atoms with Gasteiger partial charge in [0.05, 0.1) is 17.3 Å². The van der Waals surface area contributed by atoms with Crippen molar-refractivity contribution in [2.75, 3.05) is 5.32 Å². The summed E-state index contributed by atoms with van der Waals surface area (Å²) in [4.78, 5) is 4.98. The van der Waals surface area contributed by atoms with Crippen LogP contribution in [-0.4, -0.2) is 20.8 Å². The van der Waals surface area contributed by atoms with Crippen LogP contribution in [0, 0.1) is 6.92 Å². The van der Waals surface area contributed by atoms with Crippen LogP contribution in [0.1, 0.15) is 29.3 Å². The molecule has 0 bridgehead atoms. The van der Waals surface area contributed by atoms with Gasteiger partial charge in [-0.1, -0.05) is 89.9 Å². The first-order chi connectivity index (χ1) is 19.0. The molecule has 1 atom stereocenters. The highest BCUT2D eigenvalue weighted by Gasteiger charge is 2.35. The normalized spacial score (nSPS) is 14.9. The van der Waals surface area contributed by atoms with Crippen LogP contribution in [0.5, 0.6) is 0 Å². The molecule has 39 heavy (non-hydrogen) atoms. The molecule has 0 fully saturated rings. The summed E-state index contributed by atoms with van der Waals surface area (Å²) in [7, 11) is 0. The summed E-state index contributed by atoms with van der Waals surface area (Å²) in [5.74, 6) is 0. The molecular weight excluding hydrogens is 543 g/mol. The van der Waals surface area contributed by atoms with E-state index in [-0.39, 0.29) is 6.04 Å². The Bertz CT molecular complexity index is 1720. The maximum absolute atomic E-state index is 6.71. The number of nitrogens with one attached hydrogen (secondary N) is 1. The Labute approximate surface area is 242 Å². The molecule has 0 saturated carbocycles. The molecule has 1 aliphatic heterocycles. The highest BCUT2D eigenvalue weighted by Crippen LogP contribution is 2.41. The Hall–Kier alpha value is -3.77. The second-order valence-electron chi connectivity index (χ2n) is 9.40. The van der Waals surface area contributed by atoms with Gasteiger partial charge in [-0.25, -0.2) is 5.01 Å². The molecule has 0 spiro atoms. The zero-order chi connectivity index (χ0) is 26.9. The van der Waals surface area contributed by atoms with Crippen LogP contribution in [0.2, 0.25) is 10.0 Å². The first-order valence-corrected chi connectivity index (χ1v) is 13.8. The number of halogens is 2. The van der Waals surface area contributed by atoms with Crippen molar-refractivity contribution >= 4 is 62.8 Å². The minimum atomic E-state index is -0.179. The van der Waals surface area contributed by atoms with E-state index < -0.39 is 0 Å². The molecule has 0 radical (unpaired) electrons. The number of anilines is 1. The van der Waals surface area contributed by atoms with Crippen molar-refractivity contribution in [3.63, 3.8) is 0 Å². The molecule has 192 valence electrons. The molecule has 1 unspecified atom stereocenters. The van der Waals surface area contributed by atoms with Crippen molar-refractivity contribution in [2.45, 2.75) is 19.4 Å². The molecule has 2 heterocycles. The fraction of sp³-hybridized carbons (Fsp3) is 0.0938. The minimum Gasteiger partial charge on any atom is -0.331 e. The SMILES string of the molecule is Cc1nc2ccccc2c(-c2ccc(Cl)cc2)c1C1=NN(C(=S)Nc2ccccc2)C(c2ccccc2Cl)C1. The monoisotopic (exact) mass is 566 g/mol. The summed E-state index contributed by atoms with van der Waals surface area (Å²) >= 11 is 18.9. The number of aromatic nitrogens is 1. The third-order valence-corrected chi connectivity index (χ3v) is 7.79. The van der Waals surface area contributed by atoms with Gasteiger partial charge in [0, 0.05) is 44.4 Å². The Kier molecular flexibility index (Phi) is 7.05. The zero-order valence-electron chi connectivity index (χ0n) is 21.1. The Morgan fingerprint density at radius 2 is 1.54 bits per heavy atom. The zero-order valence-corrected chi connectivity index (χ0v) is 23.4. The smallest absolute Gasteiger partial charge is 0.194 e. The van der Waals surface area contributed by atoms with E-state index in [9.17, 15) is 0 Å². The molecule has 6 rings (SSSR count). The maximum Gasteiger partial charge on any atom is 0.194 e. The van der Waals surface area contributed by atoms with E-state index in [1.165, 1.54) is 0 Å². The van der Waals surface area contributed by atoms with E-state index in [2.05, 4.69) is 11.4 Å². The number of aryl methyl sites for hydroxylation is 1. The lowest BCUT2D eigenvalue weighted by Gasteiger charge is -2.25. The molecule has 4 aromatic carbocycles. The first kappa shape index (κ1) is 25.5. The number of hydrogen-bond donors (Lipinski definition) is 1. The molecule has 1 N–H and O–H groups in total. The summed E-state index contributed by atoms with van der Waals surface area (Å²) < 4.78 is 0. The first-order valence-electron chi connectivity index (χ1n) is 12.6. The molecule has 1 aromatic heterocycles. The average Bonchev–Trinajstić information content (AvgIpc) is 3.38. The molecule has 4 nitrogen and oxygen atoms in total. The fourth-order valence-corrected chi connectivity index (χ4v) is 5.82. The van der Waals surface area contributed by atoms with Crippen LogP contribution in [-0.2, 0) is 0 Å². The van der Waals surface area contributed by atoms with Crippen molar-refractivity contribution in [1.29, 1.82) is 0 Å². The Morgan fingerprint density at radius 1 is 0.846 bits per heavy atom. The maximum atomic E-state index is 6.71. The third-order valence-electron chi connectivity index (χ3n) is 6.90. The number of fused-ring (bicyclic) bond motifs is 1. The van der Waals surface area contributed by atoms with Gasteiger partial charge in [-0.2, -0.15) is 5.10 Å². The number of hydrazone groups is 1. The molecule has 0 aliphatic carbocycles. The number of thiocarbonyl (C=S) groups is 1. The van der Waals surface area contributed by atoms with Crippen LogP contribution in [0.4, 0.5) is 5.69 Å². The van der Waals surface area contributed by atoms with E-state index in [0.29, 0.717) is 21.6 Å². The van der Waals surface area contributed by atoms with Crippen LogP contribution >= 0.6 is 35.4 Å². The van der Waals surface area contributed by atoms with Crippen LogP contribution in [0.3, 0.4) is 0 Å². The lowest BCUT2D eigenvalue weighted by molar-refractivity contribution is 0.375. The van der Waals surface area contributed by atoms with Crippen molar-refractivity contribution < 1.29 is 0 Å². The number of rotatable bonds is 4. The fourth-order valence-electron chi connectivity index (χ4n) is 5.14. The highest BCUT2D eigenvalue weighted by molar-refractivity contribution is 7.80. The van der Waals surface area contributed by atoms with E-state index in [1.54, 1.807) is 0 Å². The largest absolute Gasteiger partial charge is 0.331 e. The number of benzene rings is 4. The highest BCUT2D eigenvalue weighted by atomic mass is 35.5. The summed E-state index contributed by atoms with van der Waals surface area (Å²) in [6, 6.07) is 33.7. The molecule has 1 aliphatic rings. The van der Waals surface area contributed by atoms with Crippen molar-refractivity contribution in [3.05, 3.63) is 130 Å². The Morgan fingerprint density at radius 3 is 2.31 bits per heavy atom.